The molecule has 2 nitrogen and oxygen atoms in total. The van der Waals surface area contributed by atoms with Crippen LogP contribution in [0, 0.1) is 0 Å². The van der Waals surface area contributed by atoms with Gasteiger partial charge in [0.05, 0.1) is 16.1 Å². The second-order valence-electron chi connectivity index (χ2n) is 4.29. The molecule has 0 saturated carbocycles. The van der Waals surface area contributed by atoms with Crippen LogP contribution in [-0.2, 0) is 12.8 Å². The van der Waals surface area contributed by atoms with Gasteiger partial charge in [-0.15, -0.1) is 11.3 Å². The van der Waals surface area contributed by atoms with Crippen LogP contribution in [0.25, 0.3) is 0 Å². The molecule has 2 aromatic rings. The molecule has 5 heteroatoms. The van der Waals surface area contributed by atoms with Gasteiger partial charge in [-0.25, -0.2) is 0 Å². The van der Waals surface area contributed by atoms with Crippen molar-refractivity contribution in [3.05, 3.63) is 55.7 Å². The van der Waals surface area contributed by atoms with E-state index >= 15 is 0 Å². The van der Waals surface area contributed by atoms with Gasteiger partial charge in [-0.05, 0) is 30.2 Å². The fraction of sp³-hybridized carbons (Fsp3) is 0.286. The van der Waals surface area contributed by atoms with E-state index in [4.69, 9.17) is 29.0 Å². The predicted molar refractivity (Wildman–Crippen MR) is 83.9 cm³/mol. The summed E-state index contributed by atoms with van der Waals surface area (Å²) in [5.74, 6) is 5.66. The van der Waals surface area contributed by atoms with E-state index in [1.165, 1.54) is 9.75 Å². The van der Waals surface area contributed by atoms with Gasteiger partial charge in [-0.3, -0.25) is 11.3 Å². The fourth-order valence-electron chi connectivity index (χ4n) is 1.97. The summed E-state index contributed by atoms with van der Waals surface area (Å²) in [6.45, 7) is 2.15. The standard InChI is InChI=1S/C14H16Cl2N2S/c1-2-9-6-7-10(19-9)8-13(18-17)11-4-3-5-12(15)14(11)16/h3-7,13,18H,2,8,17H2,1H3. The smallest absolute Gasteiger partial charge is 0.0640 e. The Morgan fingerprint density at radius 3 is 2.58 bits per heavy atom. The van der Waals surface area contributed by atoms with Gasteiger partial charge in [0.15, 0.2) is 0 Å². The van der Waals surface area contributed by atoms with Crippen molar-refractivity contribution >= 4 is 34.5 Å². The number of hydrogen-bond acceptors (Lipinski definition) is 3. The van der Waals surface area contributed by atoms with Gasteiger partial charge in [-0.1, -0.05) is 42.3 Å². The van der Waals surface area contributed by atoms with Crippen molar-refractivity contribution < 1.29 is 0 Å². The average Bonchev–Trinajstić information content (AvgIpc) is 2.87. The minimum atomic E-state index is -0.0328. The Bertz CT molecular complexity index is 554. The number of aryl methyl sites for hydroxylation is 1. The zero-order valence-electron chi connectivity index (χ0n) is 10.6. The SMILES string of the molecule is CCc1ccc(CC(NN)c2cccc(Cl)c2Cl)s1. The lowest BCUT2D eigenvalue weighted by Gasteiger charge is -2.17. The molecule has 0 spiro atoms. The molecule has 0 bridgehead atoms. The molecule has 0 radical (unpaired) electrons. The average molecular weight is 315 g/mol. The molecule has 1 atom stereocenters. The monoisotopic (exact) mass is 314 g/mol. The maximum atomic E-state index is 6.24. The Kier molecular flexibility index (Phi) is 5.25. The highest BCUT2D eigenvalue weighted by Gasteiger charge is 2.16. The quantitative estimate of drug-likeness (QED) is 0.635. The Morgan fingerprint density at radius 2 is 1.95 bits per heavy atom. The molecule has 1 heterocycles. The second kappa shape index (κ2) is 6.73. The van der Waals surface area contributed by atoms with Gasteiger partial charge >= 0.3 is 0 Å². The number of nitrogens with one attached hydrogen (secondary N) is 1. The van der Waals surface area contributed by atoms with Gasteiger partial charge in [0.1, 0.15) is 0 Å². The third kappa shape index (κ3) is 3.50. The summed E-state index contributed by atoms with van der Waals surface area (Å²) in [4.78, 5) is 2.67. The Balaban J connectivity index is 2.22. The van der Waals surface area contributed by atoms with Crippen LogP contribution in [0.4, 0.5) is 0 Å². The number of nitrogens with two attached hydrogens (primary N) is 1. The predicted octanol–water partition coefficient (Wildman–Crippen LogP) is 4.36. The molecule has 0 aliphatic carbocycles. The summed E-state index contributed by atoms with van der Waals surface area (Å²) in [5, 5.41) is 1.12. The van der Waals surface area contributed by atoms with Crippen LogP contribution in [-0.4, -0.2) is 0 Å². The molecule has 1 aromatic carbocycles. The third-order valence-electron chi connectivity index (χ3n) is 3.03. The normalized spacial score (nSPS) is 12.6. The van der Waals surface area contributed by atoms with Crippen molar-refractivity contribution in [3.63, 3.8) is 0 Å². The highest BCUT2D eigenvalue weighted by molar-refractivity contribution is 7.11. The second-order valence-corrected chi connectivity index (χ2v) is 6.33. The number of rotatable bonds is 5. The van der Waals surface area contributed by atoms with Crippen molar-refractivity contribution in [1.82, 2.24) is 5.43 Å². The topological polar surface area (TPSA) is 38.0 Å². The van der Waals surface area contributed by atoms with Crippen molar-refractivity contribution in [2.75, 3.05) is 0 Å². The number of benzene rings is 1. The minimum Gasteiger partial charge on any atom is -0.271 e. The van der Waals surface area contributed by atoms with E-state index in [1.807, 2.05) is 23.5 Å². The summed E-state index contributed by atoms with van der Waals surface area (Å²) < 4.78 is 0. The zero-order chi connectivity index (χ0) is 13.8. The van der Waals surface area contributed by atoms with Crippen LogP contribution in [0.2, 0.25) is 10.0 Å². The first-order valence-corrected chi connectivity index (χ1v) is 7.70. The number of halogens is 2. The largest absolute Gasteiger partial charge is 0.271 e. The fourth-order valence-corrected chi connectivity index (χ4v) is 3.41. The molecule has 0 saturated heterocycles. The minimum absolute atomic E-state index is 0.0328. The molecule has 0 aliphatic heterocycles. The molecule has 0 fully saturated rings. The first-order chi connectivity index (χ1) is 9.15. The lowest BCUT2D eigenvalue weighted by molar-refractivity contribution is 0.556. The molecule has 19 heavy (non-hydrogen) atoms. The van der Waals surface area contributed by atoms with Crippen LogP contribution >= 0.6 is 34.5 Å². The van der Waals surface area contributed by atoms with Gasteiger partial charge in [0, 0.05) is 16.2 Å². The molecular weight excluding hydrogens is 299 g/mol. The maximum Gasteiger partial charge on any atom is 0.0640 e. The van der Waals surface area contributed by atoms with Gasteiger partial charge in [0.25, 0.3) is 0 Å². The van der Waals surface area contributed by atoms with Crippen molar-refractivity contribution in [2.24, 2.45) is 5.84 Å². The number of hydrazine groups is 1. The Hall–Kier alpha value is -0.580. The van der Waals surface area contributed by atoms with Crippen molar-refractivity contribution in [1.29, 1.82) is 0 Å². The summed E-state index contributed by atoms with van der Waals surface area (Å²) in [7, 11) is 0. The van der Waals surface area contributed by atoms with Crippen LogP contribution < -0.4 is 11.3 Å². The zero-order valence-corrected chi connectivity index (χ0v) is 12.9. The summed E-state index contributed by atoms with van der Waals surface area (Å²) >= 11 is 14.1. The summed E-state index contributed by atoms with van der Waals surface area (Å²) in [6, 6.07) is 9.89. The van der Waals surface area contributed by atoms with Gasteiger partial charge < -0.3 is 0 Å². The molecule has 1 aromatic heterocycles. The molecule has 1 unspecified atom stereocenters. The van der Waals surface area contributed by atoms with Crippen LogP contribution in [0.5, 0.6) is 0 Å². The lowest BCUT2D eigenvalue weighted by atomic mass is 10.0. The van der Waals surface area contributed by atoms with Crippen molar-refractivity contribution in [3.8, 4) is 0 Å². The number of thiophene rings is 1. The highest BCUT2D eigenvalue weighted by Crippen LogP contribution is 2.32. The van der Waals surface area contributed by atoms with E-state index < -0.39 is 0 Å². The van der Waals surface area contributed by atoms with Crippen molar-refractivity contribution in [2.45, 2.75) is 25.8 Å². The summed E-state index contributed by atoms with van der Waals surface area (Å²) in [6.07, 6.45) is 1.87. The molecular formula is C14H16Cl2N2S. The molecule has 0 amide bonds. The molecule has 102 valence electrons. The van der Waals surface area contributed by atoms with Crippen LogP contribution in [0.3, 0.4) is 0 Å². The highest BCUT2D eigenvalue weighted by atomic mass is 35.5. The first kappa shape index (κ1) is 14.8. The van der Waals surface area contributed by atoms with E-state index in [0.29, 0.717) is 10.0 Å². The van der Waals surface area contributed by atoms with Gasteiger partial charge in [0.2, 0.25) is 0 Å². The Labute approximate surface area is 127 Å². The number of hydrogen-bond donors (Lipinski definition) is 2. The first-order valence-electron chi connectivity index (χ1n) is 6.13. The van der Waals surface area contributed by atoms with E-state index in [0.717, 1.165) is 18.4 Å². The summed E-state index contributed by atoms with van der Waals surface area (Å²) in [5.41, 5.74) is 3.76. The Morgan fingerprint density at radius 1 is 1.21 bits per heavy atom. The molecule has 3 N–H and O–H groups in total. The maximum absolute atomic E-state index is 6.24. The third-order valence-corrected chi connectivity index (χ3v) is 5.11. The van der Waals surface area contributed by atoms with E-state index in [1.54, 1.807) is 6.07 Å². The van der Waals surface area contributed by atoms with Crippen LogP contribution in [0.1, 0.15) is 28.3 Å². The van der Waals surface area contributed by atoms with Crippen LogP contribution in [0.15, 0.2) is 30.3 Å². The van der Waals surface area contributed by atoms with Gasteiger partial charge in [-0.2, -0.15) is 0 Å². The van der Waals surface area contributed by atoms with E-state index in [9.17, 15) is 0 Å². The lowest BCUT2D eigenvalue weighted by Crippen LogP contribution is -2.29. The molecule has 2 rings (SSSR count). The van der Waals surface area contributed by atoms with E-state index in [2.05, 4.69) is 24.5 Å². The van der Waals surface area contributed by atoms with E-state index in [-0.39, 0.29) is 6.04 Å². The molecule has 0 aliphatic rings.